The van der Waals surface area contributed by atoms with Gasteiger partial charge in [-0.1, -0.05) is 12.1 Å². The average Bonchev–Trinajstić information content (AvgIpc) is 2.78. The van der Waals surface area contributed by atoms with Crippen LogP contribution in [0, 0.1) is 5.82 Å². The zero-order valence-corrected chi connectivity index (χ0v) is 17.4. The van der Waals surface area contributed by atoms with Crippen LogP contribution in [0.2, 0.25) is 0 Å². The van der Waals surface area contributed by atoms with Crippen molar-refractivity contribution in [3.63, 3.8) is 0 Å². The predicted octanol–water partition coefficient (Wildman–Crippen LogP) is 3.66. The molecule has 0 saturated carbocycles. The summed E-state index contributed by atoms with van der Waals surface area (Å²) in [7, 11) is -1.55. The van der Waals surface area contributed by atoms with Gasteiger partial charge in [0, 0.05) is 7.05 Å². The van der Waals surface area contributed by atoms with E-state index in [1.807, 2.05) is 0 Å². The normalized spacial score (nSPS) is 10.9. The summed E-state index contributed by atoms with van der Waals surface area (Å²) in [4.78, 5) is 23.3. The summed E-state index contributed by atoms with van der Waals surface area (Å²) >= 11 is 0. The summed E-state index contributed by atoms with van der Waals surface area (Å²) in [5, 5.41) is 0. The van der Waals surface area contributed by atoms with Gasteiger partial charge in [-0.05, 0) is 60.7 Å². The number of hydrogen-bond donors (Lipinski definition) is 0. The maximum atomic E-state index is 13.9. The van der Waals surface area contributed by atoms with Crippen LogP contribution in [0.4, 0.5) is 10.1 Å². The second-order valence-corrected chi connectivity index (χ2v) is 8.29. The van der Waals surface area contributed by atoms with E-state index in [1.54, 1.807) is 0 Å². The molecule has 0 unspecified atom stereocenters. The highest BCUT2D eigenvalue weighted by atomic mass is 32.2. The lowest BCUT2D eigenvalue weighted by molar-refractivity contribution is 0.0599. The summed E-state index contributed by atoms with van der Waals surface area (Å²) in [6.07, 6.45) is 0. The number of benzene rings is 3. The maximum absolute atomic E-state index is 13.9. The Labute approximate surface area is 178 Å². The SMILES string of the molecule is COC(=O)c1ccc(C(=O)Oc2ccc(N(C)S(=O)(=O)c3ccccc3F)cc2)cc1. The van der Waals surface area contributed by atoms with E-state index in [0.29, 0.717) is 5.56 Å². The van der Waals surface area contributed by atoms with E-state index in [4.69, 9.17) is 4.74 Å². The largest absolute Gasteiger partial charge is 0.465 e. The fourth-order valence-electron chi connectivity index (χ4n) is 2.69. The number of nitrogens with zero attached hydrogens (tertiary/aromatic N) is 1. The zero-order valence-electron chi connectivity index (χ0n) is 16.6. The van der Waals surface area contributed by atoms with Crippen LogP contribution in [0.1, 0.15) is 20.7 Å². The van der Waals surface area contributed by atoms with E-state index in [9.17, 15) is 22.4 Å². The Morgan fingerprint density at radius 3 is 1.94 bits per heavy atom. The molecule has 0 aliphatic rings. The molecule has 0 N–H and O–H groups in total. The van der Waals surface area contributed by atoms with Gasteiger partial charge in [-0.3, -0.25) is 4.31 Å². The molecule has 0 spiro atoms. The van der Waals surface area contributed by atoms with Gasteiger partial charge in [-0.2, -0.15) is 0 Å². The molecule has 160 valence electrons. The van der Waals surface area contributed by atoms with Crippen molar-refractivity contribution in [2.75, 3.05) is 18.5 Å². The Hall–Kier alpha value is -3.72. The molecular weight excluding hydrogens is 425 g/mol. The second kappa shape index (κ2) is 8.97. The van der Waals surface area contributed by atoms with Gasteiger partial charge in [0.25, 0.3) is 10.0 Å². The van der Waals surface area contributed by atoms with Gasteiger partial charge in [0.15, 0.2) is 0 Å². The van der Waals surface area contributed by atoms with Crippen LogP contribution < -0.4 is 9.04 Å². The first-order valence-corrected chi connectivity index (χ1v) is 10.4. The molecule has 3 aromatic carbocycles. The monoisotopic (exact) mass is 443 g/mol. The van der Waals surface area contributed by atoms with Crippen molar-refractivity contribution in [1.82, 2.24) is 0 Å². The second-order valence-electron chi connectivity index (χ2n) is 6.36. The topological polar surface area (TPSA) is 90.0 Å². The van der Waals surface area contributed by atoms with Crippen LogP contribution in [-0.2, 0) is 14.8 Å². The first-order valence-electron chi connectivity index (χ1n) is 8.98. The molecular formula is C22H18FNO6S. The highest BCUT2D eigenvalue weighted by Crippen LogP contribution is 2.26. The van der Waals surface area contributed by atoms with E-state index in [0.717, 1.165) is 10.4 Å². The summed E-state index contributed by atoms with van der Waals surface area (Å²) in [6.45, 7) is 0. The molecule has 3 aromatic rings. The van der Waals surface area contributed by atoms with Crippen molar-refractivity contribution in [2.45, 2.75) is 4.90 Å². The summed E-state index contributed by atoms with van der Waals surface area (Å²) in [5.74, 6) is -1.85. The van der Waals surface area contributed by atoms with Crippen molar-refractivity contribution in [3.05, 3.63) is 89.7 Å². The molecule has 31 heavy (non-hydrogen) atoms. The number of rotatable bonds is 6. The summed E-state index contributed by atoms with van der Waals surface area (Å²) in [6, 6.07) is 16.5. The van der Waals surface area contributed by atoms with Gasteiger partial charge in [0.2, 0.25) is 0 Å². The van der Waals surface area contributed by atoms with Gasteiger partial charge < -0.3 is 9.47 Å². The van der Waals surface area contributed by atoms with Crippen molar-refractivity contribution < 1.29 is 31.9 Å². The smallest absolute Gasteiger partial charge is 0.343 e. The standard InChI is InChI=1S/C22H18FNO6S/c1-24(31(27,28)20-6-4-3-5-19(20)23)17-11-13-18(14-12-17)30-22(26)16-9-7-15(8-10-16)21(25)29-2/h3-14H,1-2H3. The first kappa shape index (κ1) is 22.0. The Morgan fingerprint density at radius 2 is 1.39 bits per heavy atom. The molecule has 3 rings (SSSR count). The number of halogens is 1. The highest BCUT2D eigenvalue weighted by molar-refractivity contribution is 7.92. The lowest BCUT2D eigenvalue weighted by Crippen LogP contribution is -2.27. The number of anilines is 1. The van der Waals surface area contributed by atoms with Crippen molar-refractivity contribution in [1.29, 1.82) is 0 Å². The van der Waals surface area contributed by atoms with E-state index in [2.05, 4.69) is 4.74 Å². The molecule has 0 radical (unpaired) electrons. The number of methoxy groups -OCH3 is 1. The third-order valence-electron chi connectivity index (χ3n) is 4.43. The summed E-state index contributed by atoms with van der Waals surface area (Å²) < 4.78 is 50.1. The van der Waals surface area contributed by atoms with Gasteiger partial charge >= 0.3 is 11.9 Å². The van der Waals surface area contributed by atoms with E-state index < -0.39 is 32.7 Å². The van der Waals surface area contributed by atoms with Crippen LogP contribution in [-0.4, -0.2) is 34.5 Å². The van der Waals surface area contributed by atoms with E-state index in [-0.39, 0.29) is 17.0 Å². The molecule has 0 aliphatic heterocycles. The molecule has 9 heteroatoms. The fourth-order valence-corrected chi connectivity index (χ4v) is 3.95. The van der Waals surface area contributed by atoms with Gasteiger partial charge in [0.05, 0.1) is 23.9 Å². The minimum atomic E-state index is -4.10. The van der Waals surface area contributed by atoms with Crippen molar-refractivity contribution >= 4 is 27.6 Å². The van der Waals surface area contributed by atoms with Crippen molar-refractivity contribution in [2.24, 2.45) is 0 Å². The van der Waals surface area contributed by atoms with Crippen LogP contribution >= 0.6 is 0 Å². The lowest BCUT2D eigenvalue weighted by Gasteiger charge is -2.20. The lowest BCUT2D eigenvalue weighted by atomic mass is 10.1. The van der Waals surface area contributed by atoms with Crippen LogP contribution in [0.5, 0.6) is 5.75 Å². The molecule has 0 saturated heterocycles. The molecule has 0 heterocycles. The molecule has 0 aromatic heterocycles. The van der Waals surface area contributed by atoms with E-state index in [1.165, 1.54) is 80.9 Å². The van der Waals surface area contributed by atoms with Crippen molar-refractivity contribution in [3.8, 4) is 5.75 Å². The van der Waals surface area contributed by atoms with Crippen LogP contribution in [0.25, 0.3) is 0 Å². The maximum Gasteiger partial charge on any atom is 0.343 e. The third-order valence-corrected chi connectivity index (χ3v) is 6.25. The zero-order chi connectivity index (χ0) is 22.6. The van der Waals surface area contributed by atoms with E-state index >= 15 is 0 Å². The first-order chi connectivity index (χ1) is 14.7. The van der Waals surface area contributed by atoms with Crippen LogP contribution in [0.15, 0.2) is 77.7 Å². The molecule has 0 fully saturated rings. The van der Waals surface area contributed by atoms with Gasteiger partial charge in [0.1, 0.15) is 16.5 Å². The average molecular weight is 443 g/mol. The minimum Gasteiger partial charge on any atom is -0.465 e. The Balaban J connectivity index is 1.73. The number of hydrogen-bond acceptors (Lipinski definition) is 6. The summed E-state index contributed by atoms with van der Waals surface area (Å²) in [5.41, 5.74) is 0.768. The molecule has 0 atom stereocenters. The van der Waals surface area contributed by atoms with Gasteiger partial charge in [-0.15, -0.1) is 0 Å². The molecule has 0 amide bonds. The Bertz CT molecular complexity index is 1210. The van der Waals surface area contributed by atoms with Gasteiger partial charge in [-0.25, -0.2) is 22.4 Å². The quantitative estimate of drug-likeness (QED) is 0.427. The molecule has 0 aliphatic carbocycles. The Morgan fingerprint density at radius 1 is 0.839 bits per heavy atom. The molecule has 7 nitrogen and oxygen atoms in total. The minimum absolute atomic E-state index is 0.183. The predicted molar refractivity (Wildman–Crippen MR) is 111 cm³/mol. The Kier molecular flexibility index (Phi) is 6.36. The number of esters is 2. The number of sulfonamides is 1. The molecule has 0 bridgehead atoms. The number of carbonyl (C=O) groups excluding carboxylic acids is 2. The number of carbonyl (C=O) groups is 2. The van der Waals surface area contributed by atoms with Crippen LogP contribution in [0.3, 0.4) is 0 Å². The fraction of sp³-hybridized carbons (Fsp3) is 0.0909. The third kappa shape index (κ3) is 4.72. The highest BCUT2D eigenvalue weighted by Gasteiger charge is 2.24. The number of ether oxygens (including phenoxy) is 2.